The molecule has 2 nitrogen and oxygen atoms in total. The van der Waals surface area contributed by atoms with E-state index in [1.165, 1.54) is 68.1 Å². The van der Waals surface area contributed by atoms with Crippen LogP contribution in [0, 0.1) is 0 Å². The second kappa shape index (κ2) is 16.0. The minimum Gasteiger partial charge on any atom is -0.311 e. The van der Waals surface area contributed by atoms with E-state index >= 15 is 0 Å². The molecule has 302 valence electrons. The van der Waals surface area contributed by atoms with E-state index in [-0.39, 0.29) is 10.8 Å². The molecule has 9 aromatic rings. The molecule has 0 bridgehead atoms. The maximum Gasteiger partial charge on any atom is 0.0540 e. The van der Waals surface area contributed by atoms with E-state index in [0.717, 1.165) is 34.1 Å². The molecule has 0 fully saturated rings. The first-order chi connectivity index (χ1) is 30.2. The predicted molar refractivity (Wildman–Crippen MR) is 265 cm³/mol. The average Bonchev–Trinajstić information content (AvgIpc) is 3.32. The summed E-state index contributed by atoms with van der Waals surface area (Å²) < 4.78 is 0. The van der Waals surface area contributed by atoms with E-state index in [0.29, 0.717) is 0 Å². The zero-order chi connectivity index (χ0) is 42.3. The van der Waals surface area contributed by atoms with Gasteiger partial charge in [0.2, 0.25) is 0 Å². The van der Waals surface area contributed by atoms with Gasteiger partial charge in [-0.2, -0.15) is 0 Å². The Kier molecular flexibility index (Phi) is 10.1. The van der Waals surface area contributed by atoms with Gasteiger partial charge >= 0.3 is 0 Å². The van der Waals surface area contributed by atoms with Gasteiger partial charge in [0.25, 0.3) is 0 Å². The number of hydrogen-bond acceptors (Lipinski definition) is 2. The summed E-state index contributed by atoms with van der Waals surface area (Å²) in [7, 11) is 0. The van der Waals surface area contributed by atoms with Crippen molar-refractivity contribution in [3.05, 3.63) is 230 Å². The molecule has 10 rings (SSSR count). The largest absolute Gasteiger partial charge is 0.311 e. The lowest BCUT2D eigenvalue weighted by Crippen LogP contribution is -2.33. The SMILES string of the molecule is CC1(C)CCC(C)(C)c2cc(-c3ccc(N(c4ccccc4)c4ccc(-c5ccc(N(c6ccccc6)c6ccc(-c7ccccc7)c7ccccc67)cc5)cc4)cc3)ccc21. The molecule has 0 saturated carbocycles. The van der Waals surface area contributed by atoms with Gasteiger partial charge in [-0.3, -0.25) is 0 Å². The van der Waals surface area contributed by atoms with Crippen LogP contribution in [0.25, 0.3) is 44.2 Å². The molecule has 0 amide bonds. The molecular formula is C60H52N2. The average molecular weight is 801 g/mol. The number of fused-ring (bicyclic) bond motifs is 2. The zero-order valence-corrected chi connectivity index (χ0v) is 36.1. The van der Waals surface area contributed by atoms with Gasteiger partial charge in [-0.15, -0.1) is 0 Å². The van der Waals surface area contributed by atoms with Crippen LogP contribution < -0.4 is 9.80 Å². The number of benzene rings is 9. The number of nitrogens with zero attached hydrogens (tertiary/aromatic N) is 2. The van der Waals surface area contributed by atoms with Gasteiger partial charge < -0.3 is 9.80 Å². The molecule has 0 N–H and O–H groups in total. The Morgan fingerprint density at radius 2 is 0.710 bits per heavy atom. The van der Waals surface area contributed by atoms with Crippen molar-refractivity contribution in [1.82, 2.24) is 0 Å². The molecule has 0 heterocycles. The van der Waals surface area contributed by atoms with Crippen molar-refractivity contribution in [3.63, 3.8) is 0 Å². The number of anilines is 6. The van der Waals surface area contributed by atoms with Crippen LogP contribution in [0.2, 0.25) is 0 Å². The van der Waals surface area contributed by atoms with Gasteiger partial charge in [-0.25, -0.2) is 0 Å². The van der Waals surface area contributed by atoms with Crippen molar-refractivity contribution in [3.8, 4) is 33.4 Å². The Bertz CT molecular complexity index is 2970. The number of para-hydroxylation sites is 2. The first kappa shape index (κ1) is 39.0. The summed E-state index contributed by atoms with van der Waals surface area (Å²) in [5.74, 6) is 0. The van der Waals surface area contributed by atoms with Crippen molar-refractivity contribution in [1.29, 1.82) is 0 Å². The Balaban J connectivity index is 0.956. The molecule has 0 aromatic heterocycles. The normalized spacial score (nSPS) is 13.9. The van der Waals surface area contributed by atoms with Crippen molar-refractivity contribution >= 4 is 44.9 Å². The van der Waals surface area contributed by atoms with Gasteiger partial charge in [-0.05, 0) is 140 Å². The Morgan fingerprint density at radius 3 is 1.26 bits per heavy atom. The Labute approximate surface area is 367 Å². The lowest BCUT2D eigenvalue weighted by molar-refractivity contribution is 0.332. The van der Waals surface area contributed by atoms with Gasteiger partial charge in [0, 0.05) is 33.8 Å². The molecule has 0 atom stereocenters. The molecule has 0 unspecified atom stereocenters. The summed E-state index contributed by atoms with van der Waals surface area (Å²) in [4.78, 5) is 4.72. The Hall–Kier alpha value is -7.16. The summed E-state index contributed by atoms with van der Waals surface area (Å²) in [6.45, 7) is 9.59. The second-order valence-electron chi connectivity index (χ2n) is 18.1. The summed E-state index contributed by atoms with van der Waals surface area (Å²) in [5, 5.41) is 2.44. The van der Waals surface area contributed by atoms with Gasteiger partial charge in [0.15, 0.2) is 0 Å². The maximum atomic E-state index is 2.45. The fourth-order valence-corrected chi connectivity index (χ4v) is 9.55. The molecule has 9 aromatic carbocycles. The highest BCUT2D eigenvalue weighted by molar-refractivity contribution is 6.06. The van der Waals surface area contributed by atoms with Gasteiger partial charge in [-0.1, -0.05) is 179 Å². The van der Waals surface area contributed by atoms with Crippen LogP contribution in [0.15, 0.2) is 218 Å². The number of rotatable bonds is 9. The van der Waals surface area contributed by atoms with Gasteiger partial charge in [0.1, 0.15) is 0 Å². The summed E-state index contributed by atoms with van der Waals surface area (Å²) >= 11 is 0. The third kappa shape index (κ3) is 7.37. The molecule has 1 aliphatic carbocycles. The fraction of sp³-hybridized carbons (Fsp3) is 0.133. The molecule has 1 aliphatic rings. The smallest absolute Gasteiger partial charge is 0.0540 e. The topological polar surface area (TPSA) is 6.48 Å². The lowest BCUT2D eigenvalue weighted by atomic mass is 9.63. The van der Waals surface area contributed by atoms with E-state index in [1.807, 2.05) is 0 Å². The summed E-state index contributed by atoms with van der Waals surface area (Å²) in [6.07, 6.45) is 2.43. The molecule has 62 heavy (non-hydrogen) atoms. The van der Waals surface area contributed by atoms with Crippen LogP contribution in [-0.4, -0.2) is 0 Å². The standard InChI is InChI=1S/C60H52N2/c1-59(2)40-41-60(3,4)57-42-47(30-38-56(57)59)45-28-33-51(34-29-45)61(48-18-10-6-11-19-48)50-31-24-43(25-32-50)44-26-35-52(36-27-44)62(49-20-12-7-13-21-49)58-39-37-53(46-16-8-5-9-17-46)54-22-14-15-23-55(54)58/h5-39,42H,40-41H2,1-4H3. The van der Waals surface area contributed by atoms with Crippen LogP contribution in [0.4, 0.5) is 34.1 Å². The van der Waals surface area contributed by atoms with Crippen LogP contribution in [0.1, 0.15) is 51.7 Å². The lowest BCUT2D eigenvalue weighted by Gasteiger charge is -2.42. The minimum absolute atomic E-state index is 0.173. The zero-order valence-electron chi connectivity index (χ0n) is 36.1. The molecule has 0 saturated heterocycles. The highest BCUT2D eigenvalue weighted by atomic mass is 15.1. The molecule has 2 heteroatoms. The summed E-state index contributed by atoms with van der Waals surface area (Å²) in [5.41, 5.74) is 17.4. The van der Waals surface area contributed by atoms with Gasteiger partial charge in [0.05, 0.1) is 5.69 Å². The maximum absolute atomic E-state index is 2.45. The molecule has 0 spiro atoms. The van der Waals surface area contributed by atoms with Crippen molar-refractivity contribution < 1.29 is 0 Å². The first-order valence-electron chi connectivity index (χ1n) is 22.0. The van der Waals surface area contributed by atoms with E-state index in [2.05, 4.69) is 256 Å². The molecular weight excluding hydrogens is 749 g/mol. The van der Waals surface area contributed by atoms with E-state index < -0.39 is 0 Å². The number of hydrogen-bond donors (Lipinski definition) is 0. The summed E-state index contributed by atoms with van der Waals surface area (Å²) in [6, 6.07) is 79.5. The second-order valence-corrected chi connectivity index (χ2v) is 18.1. The van der Waals surface area contributed by atoms with Crippen molar-refractivity contribution in [2.24, 2.45) is 0 Å². The van der Waals surface area contributed by atoms with E-state index in [1.54, 1.807) is 0 Å². The monoisotopic (exact) mass is 800 g/mol. The highest BCUT2D eigenvalue weighted by Gasteiger charge is 2.37. The molecule has 0 aliphatic heterocycles. The minimum atomic E-state index is 0.173. The first-order valence-corrected chi connectivity index (χ1v) is 22.0. The molecule has 0 radical (unpaired) electrons. The predicted octanol–water partition coefficient (Wildman–Crippen LogP) is 17.1. The Morgan fingerprint density at radius 1 is 0.306 bits per heavy atom. The van der Waals surface area contributed by atoms with Crippen LogP contribution in [-0.2, 0) is 10.8 Å². The quantitative estimate of drug-likeness (QED) is 0.143. The van der Waals surface area contributed by atoms with Crippen LogP contribution >= 0.6 is 0 Å². The van der Waals surface area contributed by atoms with Crippen molar-refractivity contribution in [2.75, 3.05) is 9.80 Å². The van der Waals surface area contributed by atoms with E-state index in [9.17, 15) is 0 Å². The highest BCUT2D eigenvalue weighted by Crippen LogP contribution is 2.47. The van der Waals surface area contributed by atoms with E-state index in [4.69, 9.17) is 0 Å². The van der Waals surface area contributed by atoms with Crippen LogP contribution in [0.5, 0.6) is 0 Å². The third-order valence-corrected chi connectivity index (χ3v) is 13.2. The van der Waals surface area contributed by atoms with Crippen LogP contribution in [0.3, 0.4) is 0 Å². The third-order valence-electron chi connectivity index (χ3n) is 13.2. The fourth-order valence-electron chi connectivity index (χ4n) is 9.55. The van der Waals surface area contributed by atoms with Crippen molar-refractivity contribution in [2.45, 2.75) is 51.4 Å².